The fraction of sp³-hybridized carbons (Fsp3) is 0.176. The number of carbonyl (C=O) groups is 2. The number of ether oxygens (including phenoxy) is 2. The number of ketones is 1. The SMILES string of the molecule is COc1ccc(Oc2ccccc2)cc1NC(=O)CC(C)=O. The molecule has 0 unspecified atom stereocenters. The highest BCUT2D eigenvalue weighted by atomic mass is 16.5. The summed E-state index contributed by atoms with van der Waals surface area (Å²) in [7, 11) is 1.51. The molecule has 0 radical (unpaired) electrons. The van der Waals surface area contributed by atoms with Crippen LogP contribution in [0.2, 0.25) is 0 Å². The summed E-state index contributed by atoms with van der Waals surface area (Å²) in [5, 5.41) is 2.65. The monoisotopic (exact) mass is 299 g/mol. The Kier molecular flexibility index (Phi) is 5.14. The van der Waals surface area contributed by atoms with Gasteiger partial charge in [0.05, 0.1) is 19.2 Å². The molecule has 2 rings (SSSR count). The average molecular weight is 299 g/mol. The summed E-state index contributed by atoms with van der Waals surface area (Å²) in [5.74, 6) is 1.16. The summed E-state index contributed by atoms with van der Waals surface area (Å²) in [5.41, 5.74) is 0.460. The lowest BCUT2D eigenvalue weighted by molar-refractivity contribution is -0.124. The van der Waals surface area contributed by atoms with E-state index in [1.807, 2.05) is 30.3 Å². The molecule has 0 aliphatic heterocycles. The Bertz CT molecular complexity index is 668. The maximum absolute atomic E-state index is 11.7. The number of para-hydroxylation sites is 1. The van der Waals surface area contributed by atoms with Gasteiger partial charge in [0.1, 0.15) is 23.0 Å². The zero-order valence-corrected chi connectivity index (χ0v) is 12.5. The fourth-order valence-corrected chi connectivity index (χ4v) is 1.89. The minimum absolute atomic E-state index is 0.174. The summed E-state index contributed by atoms with van der Waals surface area (Å²) in [6.45, 7) is 1.37. The first-order valence-electron chi connectivity index (χ1n) is 6.78. The van der Waals surface area contributed by atoms with E-state index in [1.165, 1.54) is 14.0 Å². The van der Waals surface area contributed by atoms with Crippen molar-refractivity contribution in [2.75, 3.05) is 12.4 Å². The summed E-state index contributed by atoms with van der Waals surface area (Å²) >= 11 is 0. The van der Waals surface area contributed by atoms with Crippen LogP contribution in [0.3, 0.4) is 0 Å². The van der Waals surface area contributed by atoms with Crippen molar-refractivity contribution >= 4 is 17.4 Å². The van der Waals surface area contributed by atoms with Crippen LogP contribution < -0.4 is 14.8 Å². The first-order valence-corrected chi connectivity index (χ1v) is 6.78. The number of methoxy groups -OCH3 is 1. The van der Waals surface area contributed by atoms with Gasteiger partial charge in [-0.3, -0.25) is 9.59 Å². The number of amides is 1. The minimum Gasteiger partial charge on any atom is -0.495 e. The summed E-state index contributed by atoms with van der Waals surface area (Å²) < 4.78 is 10.9. The molecule has 0 fully saturated rings. The van der Waals surface area contributed by atoms with E-state index >= 15 is 0 Å². The zero-order valence-electron chi connectivity index (χ0n) is 12.5. The highest BCUT2D eigenvalue weighted by molar-refractivity contribution is 6.04. The smallest absolute Gasteiger partial charge is 0.231 e. The maximum Gasteiger partial charge on any atom is 0.231 e. The molecule has 0 saturated carbocycles. The highest BCUT2D eigenvalue weighted by Crippen LogP contribution is 2.31. The first-order chi connectivity index (χ1) is 10.6. The van der Waals surface area contributed by atoms with Crippen molar-refractivity contribution in [1.82, 2.24) is 0 Å². The van der Waals surface area contributed by atoms with Crippen LogP contribution in [0.5, 0.6) is 17.2 Å². The lowest BCUT2D eigenvalue weighted by Gasteiger charge is -2.12. The van der Waals surface area contributed by atoms with Crippen molar-refractivity contribution in [1.29, 1.82) is 0 Å². The first kappa shape index (κ1) is 15.6. The molecule has 5 heteroatoms. The predicted molar refractivity (Wildman–Crippen MR) is 83.4 cm³/mol. The van der Waals surface area contributed by atoms with Crippen molar-refractivity contribution in [3.8, 4) is 17.2 Å². The zero-order chi connectivity index (χ0) is 15.9. The lowest BCUT2D eigenvalue weighted by atomic mass is 10.2. The third-order valence-electron chi connectivity index (χ3n) is 2.83. The van der Waals surface area contributed by atoms with Crippen LogP contribution in [-0.4, -0.2) is 18.8 Å². The second-order valence-electron chi connectivity index (χ2n) is 4.70. The summed E-state index contributed by atoms with van der Waals surface area (Å²) in [6.07, 6.45) is -0.174. The van der Waals surface area contributed by atoms with E-state index in [4.69, 9.17) is 9.47 Å². The minimum atomic E-state index is -0.386. The Morgan fingerprint density at radius 3 is 2.41 bits per heavy atom. The molecule has 0 heterocycles. The number of anilines is 1. The maximum atomic E-state index is 11.7. The summed E-state index contributed by atoms with van der Waals surface area (Å²) in [4.78, 5) is 22.7. The number of benzene rings is 2. The number of nitrogens with one attached hydrogen (secondary N) is 1. The third-order valence-corrected chi connectivity index (χ3v) is 2.83. The van der Waals surface area contributed by atoms with Gasteiger partial charge in [-0.1, -0.05) is 18.2 Å². The standard InChI is InChI=1S/C17H17NO4/c1-12(19)10-17(20)18-15-11-14(8-9-16(15)21-2)22-13-6-4-3-5-7-13/h3-9,11H,10H2,1-2H3,(H,18,20). The van der Waals surface area contributed by atoms with E-state index in [0.717, 1.165) is 0 Å². The van der Waals surface area contributed by atoms with Crippen LogP contribution in [0.1, 0.15) is 13.3 Å². The van der Waals surface area contributed by atoms with Gasteiger partial charge in [0.25, 0.3) is 0 Å². The molecule has 0 atom stereocenters. The Hall–Kier alpha value is -2.82. The number of carbonyl (C=O) groups excluding carboxylic acids is 2. The van der Waals surface area contributed by atoms with Gasteiger partial charge in [-0.25, -0.2) is 0 Å². The van der Waals surface area contributed by atoms with Gasteiger partial charge in [-0.2, -0.15) is 0 Å². The molecular weight excluding hydrogens is 282 g/mol. The van der Waals surface area contributed by atoms with Crippen LogP contribution in [0.25, 0.3) is 0 Å². The Morgan fingerprint density at radius 2 is 1.77 bits per heavy atom. The van der Waals surface area contributed by atoms with Gasteiger partial charge in [0.2, 0.25) is 5.91 Å². The van der Waals surface area contributed by atoms with Gasteiger partial charge in [-0.05, 0) is 31.2 Å². The quantitative estimate of drug-likeness (QED) is 0.830. The third kappa shape index (κ3) is 4.34. The molecule has 0 bridgehead atoms. The molecule has 114 valence electrons. The van der Waals surface area contributed by atoms with Crippen molar-refractivity contribution in [2.24, 2.45) is 0 Å². The Labute approximate surface area is 128 Å². The van der Waals surface area contributed by atoms with Crippen LogP contribution >= 0.6 is 0 Å². The van der Waals surface area contributed by atoms with E-state index in [2.05, 4.69) is 5.32 Å². The van der Waals surface area contributed by atoms with E-state index in [-0.39, 0.29) is 18.1 Å². The fourth-order valence-electron chi connectivity index (χ4n) is 1.89. The van der Waals surface area contributed by atoms with E-state index in [9.17, 15) is 9.59 Å². The molecule has 1 N–H and O–H groups in total. The van der Waals surface area contributed by atoms with Crippen molar-refractivity contribution in [2.45, 2.75) is 13.3 Å². The van der Waals surface area contributed by atoms with Crippen molar-refractivity contribution in [3.05, 3.63) is 48.5 Å². The number of hydrogen-bond acceptors (Lipinski definition) is 4. The molecule has 5 nitrogen and oxygen atoms in total. The highest BCUT2D eigenvalue weighted by Gasteiger charge is 2.11. The van der Waals surface area contributed by atoms with Gasteiger partial charge < -0.3 is 14.8 Å². The molecular formula is C17H17NO4. The second-order valence-corrected chi connectivity index (χ2v) is 4.70. The topological polar surface area (TPSA) is 64.6 Å². The van der Waals surface area contributed by atoms with E-state index in [1.54, 1.807) is 18.2 Å². The Morgan fingerprint density at radius 1 is 1.05 bits per heavy atom. The normalized spacial score (nSPS) is 9.91. The number of Topliss-reactive ketones (excluding diaryl/α,β-unsaturated/α-hetero) is 1. The Balaban J connectivity index is 2.18. The molecule has 0 aromatic heterocycles. The number of hydrogen-bond donors (Lipinski definition) is 1. The lowest BCUT2D eigenvalue weighted by Crippen LogP contribution is -2.15. The van der Waals surface area contributed by atoms with Crippen molar-refractivity contribution < 1.29 is 19.1 Å². The summed E-state index contributed by atoms with van der Waals surface area (Å²) in [6, 6.07) is 14.4. The van der Waals surface area contributed by atoms with Crippen LogP contribution in [0.15, 0.2) is 48.5 Å². The van der Waals surface area contributed by atoms with Crippen LogP contribution in [0, 0.1) is 0 Å². The molecule has 2 aromatic carbocycles. The van der Waals surface area contributed by atoms with Crippen LogP contribution in [0.4, 0.5) is 5.69 Å². The predicted octanol–water partition coefficient (Wildman–Crippen LogP) is 3.41. The average Bonchev–Trinajstić information content (AvgIpc) is 2.47. The molecule has 0 spiro atoms. The molecule has 0 aliphatic rings. The van der Waals surface area contributed by atoms with Gasteiger partial charge >= 0.3 is 0 Å². The van der Waals surface area contributed by atoms with Crippen molar-refractivity contribution in [3.63, 3.8) is 0 Å². The molecule has 1 amide bonds. The van der Waals surface area contributed by atoms with Gasteiger partial charge in [-0.15, -0.1) is 0 Å². The molecule has 0 saturated heterocycles. The van der Waals surface area contributed by atoms with E-state index < -0.39 is 0 Å². The van der Waals surface area contributed by atoms with Gasteiger partial charge in [0.15, 0.2) is 0 Å². The van der Waals surface area contributed by atoms with E-state index in [0.29, 0.717) is 22.9 Å². The molecule has 2 aromatic rings. The second kappa shape index (κ2) is 7.26. The van der Waals surface area contributed by atoms with Crippen LogP contribution in [-0.2, 0) is 9.59 Å². The molecule has 22 heavy (non-hydrogen) atoms. The number of rotatable bonds is 6. The van der Waals surface area contributed by atoms with Gasteiger partial charge in [0, 0.05) is 6.07 Å². The molecule has 0 aliphatic carbocycles. The largest absolute Gasteiger partial charge is 0.495 e.